The van der Waals surface area contributed by atoms with Gasteiger partial charge in [-0.3, -0.25) is 5.41 Å². The maximum Gasteiger partial charge on any atom is 0.119 e. The number of nitrogens with two attached hydrogens (primary N) is 1. The summed E-state index contributed by atoms with van der Waals surface area (Å²) >= 11 is 0. The SMILES string of the molecule is CCCC/C(=C/N1CCC(Oc2ccc(N3C(C=C(C)N(C)C)=C(CC)Cc4ccccc43)cc2)CC1)CC(=N)N. The van der Waals surface area contributed by atoms with E-state index in [1.807, 2.05) is 0 Å². The smallest absolute Gasteiger partial charge is 0.119 e. The number of para-hydroxylation sites is 1. The van der Waals surface area contributed by atoms with Crippen molar-refractivity contribution in [1.29, 1.82) is 5.41 Å². The van der Waals surface area contributed by atoms with Crippen molar-refractivity contribution in [3.63, 3.8) is 0 Å². The molecule has 41 heavy (non-hydrogen) atoms. The lowest BCUT2D eigenvalue weighted by Crippen LogP contribution is -2.35. The van der Waals surface area contributed by atoms with Gasteiger partial charge in [-0.15, -0.1) is 0 Å². The van der Waals surface area contributed by atoms with Crippen LogP contribution in [0.3, 0.4) is 0 Å². The lowest BCUT2D eigenvalue weighted by atomic mass is 9.93. The third kappa shape index (κ3) is 7.96. The monoisotopic (exact) mass is 555 g/mol. The van der Waals surface area contributed by atoms with Crippen LogP contribution in [0.4, 0.5) is 11.4 Å². The van der Waals surface area contributed by atoms with Crippen molar-refractivity contribution in [2.75, 3.05) is 32.1 Å². The summed E-state index contributed by atoms with van der Waals surface area (Å²) in [5, 5.41) is 7.72. The zero-order valence-electron chi connectivity index (χ0n) is 25.7. The standard InChI is InChI=1S/C35H49N5O/c1-6-8-11-27(23-35(36)37)25-39-20-18-32(19-21-39)41-31-16-14-30(15-17-31)40-33-13-10-9-12-29(33)24-28(7-2)34(40)22-26(3)38(4)5/h9-10,12-17,22,25,32H,6-8,11,18-21,23-24H2,1-5H3,(H3,36,37)/b26-22?,27-25-. The Bertz CT molecular complexity index is 1270. The molecule has 0 aromatic heterocycles. The highest BCUT2D eigenvalue weighted by molar-refractivity contribution is 5.79. The Labute approximate surface area is 247 Å². The number of amidine groups is 1. The molecule has 0 amide bonds. The normalized spacial score (nSPS) is 16.6. The molecule has 1 fully saturated rings. The van der Waals surface area contributed by atoms with E-state index in [9.17, 15) is 0 Å². The molecule has 1 saturated heterocycles. The highest BCUT2D eigenvalue weighted by Gasteiger charge is 2.25. The summed E-state index contributed by atoms with van der Waals surface area (Å²) in [6.45, 7) is 8.56. The number of rotatable bonds is 12. The minimum atomic E-state index is 0.209. The Kier molecular flexibility index (Phi) is 10.6. The number of allylic oxidation sites excluding steroid dienone is 3. The van der Waals surface area contributed by atoms with E-state index < -0.39 is 0 Å². The number of unbranched alkanes of at least 4 members (excludes halogenated alkanes) is 1. The number of piperidine rings is 1. The second-order valence-electron chi connectivity index (χ2n) is 11.6. The van der Waals surface area contributed by atoms with Crippen LogP contribution in [-0.4, -0.2) is 48.9 Å². The predicted molar refractivity (Wildman–Crippen MR) is 173 cm³/mol. The molecule has 3 N–H and O–H groups in total. The predicted octanol–water partition coefficient (Wildman–Crippen LogP) is 7.75. The van der Waals surface area contributed by atoms with Crippen molar-refractivity contribution in [3.8, 4) is 5.75 Å². The molecule has 6 heteroatoms. The van der Waals surface area contributed by atoms with E-state index in [4.69, 9.17) is 15.9 Å². The fourth-order valence-electron chi connectivity index (χ4n) is 5.66. The van der Waals surface area contributed by atoms with Crippen LogP contribution >= 0.6 is 0 Å². The van der Waals surface area contributed by atoms with E-state index in [0.29, 0.717) is 6.42 Å². The highest BCUT2D eigenvalue weighted by atomic mass is 16.5. The van der Waals surface area contributed by atoms with Crippen LogP contribution in [0.25, 0.3) is 0 Å². The minimum absolute atomic E-state index is 0.209. The van der Waals surface area contributed by atoms with Gasteiger partial charge in [-0.25, -0.2) is 0 Å². The molecular weight excluding hydrogens is 506 g/mol. The van der Waals surface area contributed by atoms with Gasteiger partial charge in [0.15, 0.2) is 0 Å². The summed E-state index contributed by atoms with van der Waals surface area (Å²) in [5.74, 6) is 1.17. The van der Waals surface area contributed by atoms with Crippen molar-refractivity contribution in [2.24, 2.45) is 5.73 Å². The summed E-state index contributed by atoms with van der Waals surface area (Å²) in [6.07, 6.45) is 12.6. The lowest BCUT2D eigenvalue weighted by molar-refractivity contribution is 0.122. The molecule has 2 heterocycles. The Morgan fingerprint density at radius 2 is 1.78 bits per heavy atom. The summed E-state index contributed by atoms with van der Waals surface area (Å²) in [7, 11) is 4.20. The first-order valence-corrected chi connectivity index (χ1v) is 15.3. The first-order chi connectivity index (χ1) is 19.8. The Morgan fingerprint density at radius 1 is 1.07 bits per heavy atom. The molecule has 4 rings (SSSR count). The van der Waals surface area contributed by atoms with Gasteiger partial charge in [0.25, 0.3) is 0 Å². The molecule has 6 nitrogen and oxygen atoms in total. The van der Waals surface area contributed by atoms with Gasteiger partial charge in [-0.1, -0.05) is 38.5 Å². The summed E-state index contributed by atoms with van der Waals surface area (Å²) in [5.41, 5.74) is 14.7. The second-order valence-corrected chi connectivity index (χ2v) is 11.6. The van der Waals surface area contributed by atoms with Crippen LogP contribution in [-0.2, 0) is 6.42 Å². The molecule has 220 valence electrons. The molecule has 0 radical (unpaired) electrons. The third-order valence-electron chi connectivity index (χ3n) is 8.23. The van der Waals surface area contributed by atoms with Crippen LogP contribution in [0.15, 0.2) is 83.3 Å². The number of likely N-dealkylation sites (tertiary alicyclic amines) is 1. The molecule has 0 atom stereocenters. The quantitative estimate of drug-likeness (QED) is 0.207. The average molecular weight is 556 g/mol. The number of ether oxygens (including phenoxy) is 1. The maximum absolute atomic E-state index is 7.72. The van der Waals surface area contributed by atoms with Crippen LogP contribution in [0.1, 0.15) is 71.3 Å². The number of hydrogen-bond donors (Lipinski definition) is 2. The molecular formula is C35H49N5O. The van der Waals surface area contributed by atoms with Gasteiger partial charge in [-0.2, -0.15) is 0 Å². The summed E-state index contributed by atoms with van der Waals surface area (Å²) in [6, 6.07) is 17.4. The van der Waals surface area contributed by atoms with Gasteiger partial charge in [0.2, 0.25) is 0 Å². The number of fused-ring (bicyclic) bond motifs is 1. The number of nitrogens with one attached hydrogen (secondary N) is 1. The summed E-state index contributed by atoms with van der Waals surface area (Å²) < 4.78 is 6.46. The van der Waals surface area contributed by atoms with Crippen molar-refractivity contribution >= 4 is 17.2 Å². The van der Waals surface area contributed by atoms with E-state index >= 15 is 0 Å². The van der Waals surface area contributed by atoms with Crippen molar-refractivity contribution in [2.45, 2.75) is 78.2 Å². The number of anilines is 2. The molecule has 0 unspecified atom stereocenters. The van der Waals surface area contributed by atoms with E-state index in [1.54, 1.807) is 0 Å². The first kappa shape index (κ1) is 30.3. The minimum Gasteiger partial charge on any atom is -0.490 e. The molecule has 0 aliphatic carbocycles. The second kappa shape index (κ2) is 14.3. The molecule has 2 aromatic carbocycles. The van der Waals surface area contributed by atoms with Gasteiger partial charge in [0.05, 0.1) is 5.84 Å². The highest BCUT2D eigenvalue weighted by Crippen LogP contribution is 2.41. The zero-order valence-corrected chi connectivity index (χ0v) is 25.7. The molecule has 2 aliphatic rings. The lowest BCUT2D eigenvalue weighted by Gasteiger charge is -2.35. The van der Waals surface area contributed by atoms with Crippen LogP contribution in [0.5, 0.6) is 5.75 Å². The zero-order chi connectivity index (χ0) is 29.4. The van der Waals surface area contributed by atoms with Crippen LogP contribution < -0.4 is 15.4 Å². The van der Waals surface area contributed by atoms with E-state index in [-0.39, 0.29) is 11.9 Å². The fourth-order valence-corrected chi connectivity index (χ4v) is 5.66. The maximum atomic E-state index is 7.72. The Morgan fingerprint density at radius 3 is 2.41 bits per heavy atom. The van der Waals surface area contributed by atoms with Gasteiger partial charge < -0.3 is 25.2 Å². The van der Waals surface area contributed by atoms with Crippen molar-refractivity contribution in [1.82, 2.24) is 9.80 Å². The molecule has 0 bridgehead atoms. The molecule has 2 aliphatic heterocycles. The van der Waals surface area contributed by atoms with Gasteiger partial charge >= 0.3 is 0 Å². The van der Waals surface area contributed by atoms with Crippen LogP contribution in [0.2, 0.25) is 0 Å². The number of nitrogens with zero attached hydrogens (tertiary/aromatic N) is 3. The molecule has 0 saturated carbocycles. The van der Waals surface area contributed by atoms with E-state index in [0.717, 1.165) is 69.5 Å². The topological polar surface area (TPSA) is 68.8 Å². The van der Waals surface area contributed by atoms with E-state index in [1.165, 1.54) is 33.8 Å². The third-order valence-corrected chi connectivity index (χ3v) is 8.23. The van der Waals surface area contributed by atoms with Crippen molar-refractivity contribution in [3.05, 3.63) is 88.9 Å². The van der Waals surface area contributed by atoms with E-state index in [2.05, 4.69) is 110 Å². The first-order valence-electron chi connectivity index (χ1n) is 15.3. The van der Waals surface area contributed by atoms with Crippen LogP contribution in [0, 0.1) is 5.41 Å². The van der Waals surface area contributed by atoms with Gasteiger partial charge in [-0.05, 0) is 91.9 Å². The average Bonchev–Trinajstić information content (AvgIpc) is 2.96. The fraction of sp³-hybridized carbons (Fsp3) is 0.457. The largest absolute Gasteiger partial charge is 0.490 e. The Hall–Kier alpha value is -3.67. The molecule has 2 aromatic rings. The van der Waals surface area contributed by atoms with Gasteiger partial charge in [0, 0.05) is 69.2 Å². The summed E-state index contributed by atoms with van der Waals surface area (Å²) in [4.78, 5) is 6.97. The Balaban J connectivity index is 1.47. The van der Waals surface area contributed by atoms with Crippen molar-refractivity contribution < 1.29 is 4.74 Å². The number of benzene rings is 2. The molecule has 0 spiro atoms. The number of hydrogen-bond acceptors (Lipinski definition) is 5. The van der Waals surface area contributed by atoms with Gasteiger partial charge in [0.1, 0.15) is 11.9 Å².